The Labute approximate surface area is 853 Å². The molecule has 22 aromatic rings. The van der Waals surface area contributed by atoms with Crippen LogP contribution in [0.4, 0.5) is 34.1 Å². The maximum Gasteiger partial charge on any atom is 0.252 e. The van der Waals surface area contributed by atoms with Crippen molar-refractivity contribution < 1.29 is 0 Å². The van der Waals surface area contributed by atoms with Crippen molar-refractivity contribution in [2.75, 3.05) is 9.80 Å². The number of para-hydroxylation sites is 1. The Bertz CT molecular complexity index is 8640. The lowest BCUT2D eigenvalue weighted by Gasteiger charge is -2.45. The third-order valence-corrected chi connectivity index (χ3v) is 39.1. The van der Waals surface area contributed by atoms with Gasteiger partial charge in [-0.1, -0.05) is 426 Å². The molecule has 2 aliphatic heterocycles. The summed E-state index contributed by atoms with van der Waals surface area (Å²) < 4.78 is 7.89. The largest absolute Gasteiger partial charge is 0.311 e. The van der Waals surface area contributed by atoms with Crippen LogP contribution in [0.1, 0.15) is 52.7 Å². The monoisotopic (exact) mass is 1920 g/mol. The molecule has 0 unspecified atom stereocenters. The van der Waals surface area contributed by atoms with Crippen molar-refractivity contribution in [2.24, 2.45) is 0 Å². The van der Waals surface area contributed by atoms with Gasteiger partial charge in [0.2, 0.25) is 0 Å². The van der Waals surface area contributed by atoms with Gasteiger partial charge in [0.05, 0.1) is 76.8 Å². The molecular formula is C134H122BN5Si4. The lowest BCUT2D eigenvalue weighted by molar-refractivity contribution is 0.590. The van der Waals surface area contributed by atoms with Gasteiger partial charge < -0.3 is 23.5 Å². The minimum atomic E-state index is -1.85. The summed E-state index contributed by atoms with van der Waals surface area (Å²) in [5.74, 6) is 0. The van der Waals surface area contributed by atoms with Gasteiger partial charge in [0, 0.05) is 83.3 Å². The molecule has 0 saturated carbocycles. The fraction of sp³-hybridized carbons (Fsp3) is 0.149. The molecule has 0 bridgehead atoms. The maximum atomic E-state index is 2.79. The Hall–Kier alpha value is -14.9. The van der Waals surface area contributed by atoms with Gasteiger partial charge in [-0.3, -0.25) is 0 Å². The number of benzene rings is 19. The predicted molar refractivity (Wildman–Crippen MR) is 636 cm³/mol. The zero-order valence-corrected chi connectivity index (χ0v) is 90.1. The molecule has 5 heterocycles. The van der Waals surface area contributed by atoms with E-state index in [-0.39, 0.29) is 17.5 Å². The summed E-state index contributed by atoms with van der Waals surface area (Å²) in [6.07, 6.45) is 0. The third-order valence-electron chi connectivity index (χ3n) is 30.9. The van der Waals surface area contributed by atoms with E-state index >= 15 is 0 Å². The first-order valence-corrected chi connectivity index (χ1v) is 65.4. The van der Waals surface area contributed by atoms with Gasteiger partial charge in [-0.2, -0.15) is 0 Å². The summed E-state index contributed by atoms with van der Waals surface area (Å²) in [4.78, 5) is 5.53. The topological polar surface area (TPSA) is 21.3 Å². The van der Waals surface area contributed by atoms with Crippen molar-refractivity contribution in [3.8, 4) is 106 Å². The van der Waals surface area contributed by atoms with Gasteiger partial charge in [0.1, 0.15) is 0 Å². The maximum absolute atomic E-state index is 2.79. The smallest absolute Gasteiger partial charge is 0.252 e. The highest BCUT2D eigenvalue weighted by molar-refractivity contribution is 7.00. The first-order chi connectivity index (χ1) is 69.2. The Morgan fingerprint density at radius 3 is 0.812 bits per heavy atom. The highest BCUT2D eigenvalue weighted by Gasteiger charge is 2.46. The Morgan fingerprint density at radius 2 is 0.458 bits per heavy atom. The van der Waals surface area contributed by atoms with Crippen LogP contribution < -0.4 is 46.9 Å². The lowest BCUT2D eigenvalue weighted by atomic mass is 9.33. The predicted octanol–water partition coefficient (Wildman–Crippen LogP) is 33.2. The summed E-state index contributed by atoms with van der Waals surface area (Å²) in [5.41, 5.74) is 40.9. The van der Waals surface area contributed by atoms with E-state index in [1.807, 2.05) is 0 Å². The SMILES string of the molecule is CC(C)(C)c1ccc2c(c1)c1cc(C(C)(C)C)ccc1n2-c1cc2c3c(c1)N(c1c(-c4cccc(-c5ccccc5)c4)cccc1-c1cccc(-c4ccccc4)c1)c1cc(-n4c5ccc([Si](C)(C)C)cc5c5cc([Si](C)(C)C)ccc54)ccc1B3c1ccc(-n3c4ccc([Si](C)(C)C)cc4c4cc([Si](C)(C)C)ccc43)cc1N2c1cc(-c2ccccc2)cc(-c2cccc(-c3cccc(-c4ccccc4)c3)c2)c1. The molecule has 2 aliphatic rings. The van der Waals surface area contributed by atoms with Crippen molar-refractivity contribution in [1.82, 2.24) is 13.7 Å². The van der Waals surface area contributed by atoms with Crippen molar-refractivity contribution >= 4 is 176 Å². The molecule has 144 heavy (non-hydrogen) atoms. The highest BCUT2D eigenvalue weighted by atomic mass is 28.3. The molecule has 3 aromatic heterocycles. The molecule has 0 radical (unpaired) electrons. The molecule has 5 nitrogen and oxygen atoms in total. The van der Waals surface area contributed by atoms with E-state index in [0.29, 0.717) is 0 Å². The van der Waals surface area contributed by atoms with E-state index in [9.17, 15) is 0 Å². The Morgan fingerprint density at radius 1 is 0.194 bits per heavy atom. The first-order valence-electron chi connectivity index (χ1n) is 51.4. The number of hydrogen-bond donors (Lipinski definition) is 0. The summed E-state index contributed by atoms with van der Waals surface area (Å²) in [7, 11) is -7.38. The molecular weight excluding hydrogens is 1800 g/mol. The van der Waals surface area contributed by atoms with Gasteiger partial charge in [-0.15, -0.1) is 0 Å². The first kappa shape index (κ1) is 91.6. The van der Waals surface area contributed by atoms with Gasteiger partial charge >= 0.3 is 0 Å². The highest BCUT2D eigenvalue weighted by Crippen LogP contribution is 2.55. The second kappa shape index (κ2) is 34.5. The Kier molecular flexibility index (Phi) is 21.9. The van der Waals surface area contributed by atoms with Gasteiger partial charge in [-0.05, 0) is 244 Å². The molecule has 0 N–H and O–H groups in total. The molecule has 24 rings (SSSR count). The molecule has 0 saturated heterocycles. The number of rotatable bonds is 17. The number of aromatic nitrogens is 3. The minimum Gasteiger partial charge on any atom is -0.311 e. The molecule has 702 valence electrons. The van der Waals surface area contributed by atoms with Crippen LogP contribution in [0.25, 0.3) is 171 Å². The van der Waals surface area contributed by atoms with Crippen LogP contribution >= 0.6 is 0 Å². The van der Waals surface area contributed by atoms with Crippen molar-refractivity contribution in [1.29, 1.82) is 0 Å². The van der Waals surface area contributed by atoms with E-state index in [0.717, 1.165) is 140 Å². The van der Waals surface area contributed by atoms with Crippen molar-refractivity contribution in [3.63, 3.8) is 0 Å². The fourth-order valence-corrected chi connectivity index (χ4v) is 27.6. The van der Waals surface area contributed by atoms with E-state index in [4.69, 9.17) is 0 Å². The summed E-state index contributed by atoms with van der Waals surface area (Å²) >= 11 is 0. The number of hydrogen-bond acceptors (Lipinski definition) is 2. The number of anilines is 6. The van der Waals surface area contributed by atoms with Crippen LogP contribution in [-0.4, -0.2) is 52.7 Å². The van der Waals surface area contributed by atoms with E-state index in [1.54, 1.807) is 0 Å². The van der Waals surface area contributed by atoms with Crippen LogP contribution in [0, 0.1) is 0 Å². The average molecular weight is 1930 g/mol. The number of fused-ring (bicyclic) bond motifs is 13. The standard InChI is InChI=1S/C134H122BN5Si4/c1-133(2,3)101-54-64-121-113(77-101)114-78-102(134(4,5)6)55-65-122(114)138(121)106-81-129-131-130(82-106)140(132-111(97-50-33-45-92(72-97)88-38-25-20-26-39-88)52-35-53-112(132)98-51-34-46-93(73-98)89-40-27-21-28-41-89)128-80-104(137-125-68-60-109(143(13,14)15)85-117(125)118-86-110(144(16,17)18)61-69-126(118)137)57-63-120(128)135(131)119-62-56-103(136-123-66-58-107(141(7,8)9)83-115(123)116-84-108(142(10,11)12)59-67-124(116)136)79-127(119)139(129)105-75-99(90-42-29-22-30-43-90)74-100(76-105)96-49-32-48-95(71-96)94-47-31-44-91(70-94)87-36-23-19-24-37-87/h19-86H,1-18H3. The molecule has 10 heteroatoms. The molecule has 0 atom stereocenters. The summed E-state index contributed by atoms with van der Waals surface area (Å²) in [5, 5.41) is 13.5. The average Bonchev–Trinajstić information content (AvgIpc) is 0.882. The van der Waals surface area contributed by atoms with E-state index in [2.05, 4.69) is 556 Å². The lowest BCUT2D eigenvalue weighted by Crippen LogP contribution is -2.61. The normalized spacial score (nSPS) is 13.0. The van der Waals surface area contributed by atoms with Crippen LogP contribution in [0.3, 0.4) is 0 Å². The molecule has 0 spiro atoms. The van der Waals surface area contributed by atoms with Gasteiger partial charge in [0.25, 0.3) is 6.71 Å². The molecule has 19 aromatic carbocycles. The van der Waals surface area contributed by atoms with Gasteiger partial charge in [-0.25, -0.2) is 0 Å². The zero-order chi connectivity index (χ0) is 99.1. The second-order valence-corrected chi connectivity index (χ2v) is 67.0. The molecule has 0 aliphatic carbocycles. The molecule has 0 fully saturated rings. The fourth-order valence-electron chi connectivity index (χ4n) is 22.9. The minimum absolute atomic E-state index is 0.150. The van der Waals surface area contributed by atoms with E-state index < -0.39 is 32.3 Å². The summed E-state index contributed by atoms with van der Waals surface area (Å²) in [6.45, 7) is 43.8. The van der Waals surface area contributed by atoms with Crippen molar-refractivity contribution in [2.45, 2.75) is 131 Å². The Balaban J connectivity index is 0.879. The summed E-state index contributed by atoms with van der Waals surface area (Å²) in [6, 6.07) is 161. The van der Waals surface area contributed by atoms with Crippen molar-refractivity contribution in [3.05, 3.63) is 424 Å². The zero-order valence-electron chi connectivity index (χ0n) is 86.1. The van der Waals surface area contributed by atoms with Crippen LogP contribution in [0.15, 0.2) is 413 Å². The van der Waals surface area contributed by atoms with Crippen LogP contribution in [0.5, 0.6) is 0 Å². The van der Waals surface area contributed by atoms with Gasteiger partial charge in [0.15, 0.2) is 0 Å². The van der Waals surface area contributed by atoms with Crippen LogP contribution in [0.2, 0.25) is 78.6 Å². The quantitative estimate of drug-likeness (QED) is 0.0848. The molecule has 0 amide bonds. The number of nitrogens with zero attached hydrogens (tertiary/aromatic N) is 5. The van der Waals surface area contributed by atoms with Crippen LogP contribution in [-0.2, 0) is 10.8 Å². The third kappa shape index (κ3) is 16.0. The van der Waals surface area contributed by atoms with E-state index in [1.165, 1.54) is 114 Å². The second-order valence-electron chi connectivity index (χ2n) is 46.6.